The molecule has 3 nitrogen and oxygen atoms in total. The highest BCUT2D eigenvalue weighted by Gasteiger charge is 2.27. The molecule has 0 amide bonds. The number of fused-ring (bicyclic) bond motifs is 1. The van der Waals surface area contributed by atoms with Crippen LogP contribution < -0.4 is 4.72 Å². The van der Waals surface area contributed by atoms with Gasteiger partial charge in [-0.3, -0.25) is 0 Å². The zero-order valence-electron chi connectivity index (χ0n) is 11.4. The van der Waals surface area contributed by atoms with Crippen molar-refractivity contribution in [3.05, 3.63) is 58.1 Å². The zero-order valence-corrected chi connectivity index (χ0v) is 14.6. The number of hydrogen-bond acceptors (Lipinski definition) is 3. The predicted octanol–water partition coefficient (Wildman–Crippen LogP) is 4.51. The Hall–Kier alpha value is -0.720. The molecule has 0 spiro atoms. The third-order valence-electron chi connectivity index (χ3n) is 3.44. The Labute approximate surface area is 144 Å². The number of benzene rings is 2. The molecule has 1 atom stereocenters. The Morgan fingerprint density at radius 3 is 2.73 bits per heavy atom. The molecule has 1 aliphatic rings. The quantitative estimate of drug-likeness (QED) is 0.860. The van der Waals surface area contributed by atoms with Crippen molar-refractivity contribution in [2.45, 2.75) is 22.3 Å². The second-order valence-electron chi connectivity index (χ2n) is 4.92. The second-order valence-corrected chi connectivity index (χ2v) is 8.59. The number of hydrogen-bond donors (Lipinski definition) is 1. The molecule has 3 rings (SSSR count). The van der Waals surface area contributed by atoms with Crippen LogP contribution in [0, 0.1) is 0 Å². The van der Waals surface area contributed by atoms with E-state index in [4.69, 9.17) is 23.2 Å². The summed E-state index contributed by atoms with van der Waals surface area (Å²) in [7, 11) is -3.73. The van der Waals surface area contributed by atoms with Gasteiger partial charge in [0.2, 0.25) is 10.0 Å². The van der Waals surface area contributed by atoms with Gasteiger partial charge in [0, 0.05) is 16.0 Å². The highest BCUT2D eigenvalue weighted by molar-refractivity contribution is 7.99. The molecule has 0 fully saturated rings. The first-order valence-corrected chi connectivity index (χ1v) is 9.89. The first-order valence-electron chi connectivity index (χ1n) is 6.66. The van der Waals surface area contributed by atoms with Gasteiger partial charge >= 0.3 is 0 Å². The van der Waals surface area contributed by atoms with Crippen molar-refractivity contribution in [2.24, 2.45) is 0 Å². The van der Waals surface area contributed by atoms with Gasteiger partial charge in [0.05, 0.1) is 5.02 Å². The molecular formula is C15H13Cl2NO2S2. The average molecular weight is 374 g/mol. The fourth-order valence-corrected chi connectivity index (χ4v) is 5.54. The highest BCUT2D eigenvalue weighted by atomic mass is 35.5. The van der Waals surface area contributed by atoms with Crippen LogP contribution in [0.4, 0.5) is 0 Å². The topological polar surface area (TPSA) is 46.2 Å². The third kappa shape index (κ3) is 3.29. The second kappa shape index (κ2) is 6.42. The van der Waals surface area contributed by atoms with Crippen LogP contribution in [-0.2, 0) is 10.0 Å². The number of nitrogens with one attached hydrogen (secondary N) is 1. The number of halogens is 2. The summed E-state index contributed by atoms with van der Waals surface area (Å²) in [5.74, 6) is 0.869. The van der Waals surface area contributed by atoms with Gasteiger partial charge in [-0.25, -0.2) is 13.1 Å². The van der Waals surface area contributed by atoms with Crippen LogP contribution in [0.5, 0.6) is 0 Å². The lowest BCUT2D eigenvalue weighted by atomic mass is 10.1. The van der Waals surface area contributed by atoms with Crippen LogP contribution in [0.1, 0.15) is 18.0 Å². The molecule has 22 heavy (non-hydrogen) atoms. The van der Waals surface area contributed by atoms with E-state index in [9.17, 15) is 8.42 Å². The highest BCUT2D eigenvalue weighted by Crippen LogP contribution is 2.37. The Bertz CT molecular complexity index is 809. The first kappa shape index (κ1) is 16.1. The van der Waals surface area contributed by atoms with Crippen LogP contribution in [-0.4, -0.2) is 14.2 Å². The van der Waals surface area contributed by atoms with Crippen molar-refractivity contribution < 1.29 is 8.42 Å². The van der Waals surface area contributed by atoms with Gasteiger partial charge in [-0.2, -0.15) is 0 Å². The first-order chi connectivity index (χ1) is 10.5. The molecule has 0 unspecified atom stereocenters. The van der Waals surface area contributed by atoms with E-state index in [2.05, 4.69) is 4.72 Å². The molecule has 0 radical (unpaired) electrons. The molecule has 1 heterocycles. The number of thioether (sulfide) groups is 1. The molecule has 2 aromatic carbocycles. The molecule has 0 bridgehead atoms. The van der Waals surface area contributed by atoms with Crippen molar-refractivity contribution in [2.75, 3.05) is 5.75 Å². The number of rotatable bonds is 3. The standard InChI is InChI=1S/C15H13Cl2NO2S2/c16-10-5-6-12(17)15(9-10)22(19,20)18-13-7-8-21-14-4-2-1-3-11(13)14/h1-6,9,13,18H,7-8H2/t13-/m1/s1. The third-order valence-corrected chi connectivity index (χ3v) is 6.75. The minimum Gasteiger partial charge on any atom is -0.207 e. The fraction of sp³-hybridized carbons (Fsp3) is 0.200. The van der Waals surface area contributed by atoms with Gasteiger partial charge in [-0.1, -0.05) is 41.4 Å². The van der Waals surface area contributed by atoms with E-state index in [1.54, 1.807) is 17.8 Å². The van der Waals surface area contributed by atoms with E-state index in [1.807, 2.05) is 24.3 Å². The van der Waals surface area contributed by atoms with Crippen LogP contribution in [0.25, 0.3) is 0 Å². The maximum Gasteiger partial charge on any atom is 0.242 e. The summed E-state index contributed by atoms with van der Waals surface area (Å²) in [6, 6.07) is 12.0. The fourth-order valence-electron chi connectivity index (χ4n) is 2.40. The molecule has 0 saturated carbocycles. The van der Waals surface area contributed by atoms with Gasteiger partial charge in [-0.15, -0.1) is 11.8 Å². The van der Waals surface area contributed by atoms with Crippen LogP contribution in [0.2, 0.25) is 10.0 Å². The summed E-state index contributed by atoms with van der Waals surface area (Å²) in [5.41, 5.74) is 1.00. The molecule has 1 N–H and O–H groups in total. The zero-order chi connectivity index (χ0) is 15.7. The molecule has 2 aromatic rings. The summed E-state index contributed by atoms with van der Waals surface area (Å²) >= 11 is 13.6. The monoisotopic (exact) mass is 373 g/mol. The van der Waals surface area contributed by atoms with E-state index < -0.39 is 10.0 Å². The summed E-state index contributed by atoms with van der Waals surface area (Å²) in [6.45, 7) is 0. The normalized spacial score (nSPS) is 18.0. The maximum atomic E-state index is 12.6. The summed E-state index contributed by atoms with van der Waals surface area (Å²) in [4.78, 5) is 1.12. The lowest BCUT2D eigenvalue weighted by Gasteiger charge is -2.25. The number of sulfonamides is 1. The summed E-state index contributed by atoms with van der Waals surface area (Å²) in [5, 5.41) is 0.500. The lowest BCUT2D eigenvalue weighted by molar-refractivity contribution is 0.546. The molecule has 7 heteroatoms. The minimum atomic E-state index is -3.73. The van der Waals surface area contributed by atoms with Crippen molar-refractivity contribution in [1.29, 1.82) is 0 Å². The van der Waals surface area contributed by atoms with E-state index in [0.717, 1.165) is 22.6 Å². The van der Waals surface area contributed by atoms with Crippen LogP contribution >= 0.6 is 35.0 Å². The molecule has 1 aliphatic heterocycles. The van der Waals surface area contributed by atoms with Crippen molar-refractivity contribution in [1.82, 2.24) is 4.72 Å². The van der Waals surface area contributed by atoms with E-state index in [0.29, 0.717) is 5.02 Å². The molecular weight excluding hydrogens is 361 g/mol. The minimum absolute atomic E-state index is 0.0115. The van der Waals surface area contributed by atoms with Gasteiger partial charge in [0.1, 0.15) is 4.90 Å². The maximum absolute atomic E-state index is 12.6. The van der Waals surface area contributed by atoms with Crippen molar-refractivity contribution >= 4 is 45.0 Å². The van der Waals surface area contributed by atoms with Gasteiger partial charge in [-0.05, 0) is 42.0 Å². The van der Waals surface area contributed by atoms with Crippen molar-refractivity contribution in [3.8, 4) is 0 Å². The molecule has 0 aromatic heterocycles. The smallest absolute Gasteiger partial charge is 0.207 e. The molecule has 116 valence electrons. The SMILES string of the molecule is O=S(=O)(N[C@@H]1CCSc2ccccc21)c1cc(Cl)ccc1Cl. The summed E-state index contributed by atoms with van der Waals surface area (Å²) in [6.07, 6.45) is 0.735. The van der Waals surface area contributed by atoms with Gasteiger partial charge < -0.3 is 0 Å². The van der Waals surface area contributed by atoms with E-state index in [1.165, 1.54) is 12.1 Å². The predicted molar refractivity (Wildman–Crippen MR) is 91.3 cm³/mol. The lowest BCUT2D eigenvalue weighted by Crippen LogP contribution is -2.30. The molecule has 0 aliphatic carbocycles. The van der Waals surface area contributed by atoms with Crippen LogP contribution in [0.3, 0.4) is 0 Å². The Morgan fingerprint density at radius 1 is 1.14 bits per heavy atom. The van der Waals surface area contributed by atoms with Crippen LogP contribution in [0.15, 0.2) is 52.3 Å². The Balaban J connectivity index is 1.95. The Morgan fingerprint density at radius 2 is 1.91 bits per heavy atom. The van der Waals surface area contributed by atoms with Gasteiger partial charge in [0.25, 0.3) is 0 Å². The molecule has 0 saturated heterocycles. The van der Waals surface area contributed by atoms with Crippen molar-refractivity contribution in [3.63, 3.8) is 0 Å². The van der Waals surface area contributed by atoms with E-state index >= 15 is 0 Å². The summed E-state index contributed by atoms with van der Waals surface area (Å²) < 4.78 is 28.0. The van der Waals surface area contributed by atoms with E-state index in [-0.39, 0.29) is 16.0 Å². The largest absolute Gasteiger partial charge is 0.242 e. The Kier molecular flexibility index (Phi) is 4.71. The van der Waals surface area contributed by atoms with Gasteiger partial charge in [0.15, 0.2) is 0 Å². The average Bonchev–Trinajstić information content (AvgIpc) is 2.50.